The molecule has 1 heterocycles. The highest BCUT2D eigenvalue weighted by atomic mass is 32.2. The third-order valence-corrected chi connectivity index (χ3v) is 4.21. The highest BCUT2D eigenvalue weighted by molar-refractivity contribution is 7.92. The molecule has 2 rings (SSSR count). The largest absolute Gasteiger partial charge is 0.255 e. The van der Waals surface area contributed by atoms with Crippen LogP contribution in [0.15, 0.2) is 41.4 Å². The topological polar surface area (TPSA) is 53.8 Å². The molecule has 0 saturated heterocycles. The van der Waals surface area contributed by atoms with Gasteiger partial charge in [-0.1, -0.05) is 25.1 Å². The van der Waals surface area contributed by atoms with Crippen LogP contribution in [-0.2, 0) is 9.73 Å². The molecule has 1 aromatic carbocycles. The molecule has 15 heavy (non-hydrogen) atoms. The van der Waals surface area contributed by atoms with Gasteiger partial charge < -0.3 is 0 Å². The summed E-state index contributed by atoms with van der Waals surface area (Å²) in [5, 5.41) is 0.934. The van der Waals surface area contributed by atoms with Gasteiger partial charge in [0.15, 0.2) is 0 Å². The van der Waals surface area contributed by atoms with Crippen LogP contribution in [0.1, 0.15) is 6.92 Å². The van der Waals surface area contributed by atoms with Crippen molar-refractivity contribution in [2.75, 3.05) is 5.75 Å². The standard InChI is InChI=1S/C11H12N2OS/c1-2-15(12,14)10-7-3-5-9-6-4-8-13-11(9)10/h3-8,12H,2H2,1H3/t15-/m1/s1. The molecule has 0 fully saturated rings. The van der Waals surface area contributed by atoms with Gasteiger partial charge in [0, 0.05) is 17.3 Å². The van der Waals surface area contributed by atoms with E-state index in [0.717, 1.165) is 5.39 Å². The van der Waals surface area contributed by atoms with Gasteiger partial charge in [0.05, 0.1) is 20.1 Å². The van der Waals surface area contributed by atoms with E-state index in [1.54, 1.807) is 19.2 Å². The number of benzene rings is 1. The van der Waals surface area contributed by atoms with Crippen LogP contribution in [0.3, 0.4) is 0 Å². The minimum atomic E-state index is -2.69. The zero-order valence-corrected chi connectivity index (χ0v) is 9.25. The highest BCUT2D eigenvalue weighted by Crippen LogP contribution is 2.21. The lowest BCUT2D eigenvalue weighted by Gasteiger charge is -2.07. The fourth-order valence-electron chi connectivity index (χ4n) is 1.50. The van der Waals surface area contributed by atoms with Gasteiger partial charge in [0.25, 0.3) is 0 Å². The lowest BCUT2D eigenvalue weighted by atomic mass is 10.2. The first-order valence-electron chi connectivity index (χ1n) is 4.75. The Balaban J connectivity index is 2.83. The van der Waals surface area contributed by atoms with Gasteiger partial charge in [-0.3, -0.25) is 4.98 Å². The van der Waals surface area contributed by atoms with Gasteiger partial charge in [0.2, 0.25) is 0 Å². The Morgan fingerprint density at radius 1 is 1.33 bits per heavy atom. The van der Waals surface area contributed by atoms with E-state index in [1.165, 1.54) is 0 Å². The normalized spacial score (nSPS) is 15.0. The number of rotatable bonds is 2. The number of aromatic nitrogens is 1. The average Bonchev–Trinajstić information content (AvgIpc) is 2.28. The lowest BCUT2D eigenvalue weighted by Crippen LogP contribution is -2.02. The third-order valence-electron chi connectivity index (χ3n) is 2.36. The second-order valence-corrected chi connectivity index (χ2v) is 5.66. The van der Waals surface area contributed by atoms with Crippen molar-refractivity contribution in [3.8, 4) is 0 Å². The SMILES string of the molecule is CC[S@@](=N)(=O)c1cccc2cccnc12. The van der Waals surface area contributed by atoms with E-state index in [4.69, 9.17) is 4.78 Å². The second kappa shape index (κ2) is 3.62. The van der Waals surface area contributed by atoms with Crippen molar-refractivity contribution < 1.29 is 4.21 Å². The molecule has 1 atom stereocenters. The Morgan fingerprint density at radius 3 is 2.80 bits per heavy atom. The summed E-state index contributed by atoms with van der Waals surface area (Å²) in [5.74, 6) is 0.322. The Hall–Kier alpha value is -1.42. The van der Waals surface area contributed by atoms with E-state index in [2.05, 4.69) is 4.98 Å². The summed E-state index contributed by atoms with van der Waals surface area (Å²) >= 11 is 0. The lowest BCUT2D eigenvalue weighted by molar-refractivity contribution is 0.676. The molecule has 2 aromatic rings. The van der Waals surface area contributed by atoms with Gasteiger partial charge >= 0.3 is 0 Å². The van der Waals surface area contributed by atoms with Crippen LogP contribution in [0.4, 0.5) is 0 Å². The third kappa shape index (κ3) is 1.72. The van der Waals surface area contributed by atoms with Crippen LogP contribution >= 0.6 is 0 Å². The van der Waals surface area contributed by atoms with Gasteiger partial charge in [-0.2, -0.15) is 0 Å². The van der Waals surface area contributed by atoms with Gasteiger partial charge in [-0.15, -0.1) is 0 Å². The first-order valence-corrected chi connectivity index (χ1v) is 6.48. The number of hydrogen-bond acceptors (Lipinski definition) is 3. The monoisotopic (exact) mass is 220 g/mol. The van der Waals surface area contributed by atoms with Crippen LogP contribution in [0.2, 0.25) is 0 Å². The summed E-state index contributed by atoms with van der Waals surface area (Å²) < 4.78 is 19.8. The summed E-state index contributed by atoms with van der Waals surface area (Å²) in [5.41, 5.74) is 0.682. The zero-order chi connectivity index (χ0) is 10.9. The van der Waals surface area contributed by atoms with Crippen LogP contribution in [0, 0.1) is 4.78 Å². The molecule has 0 unspecified atom stereocenters. The second-order valence-electron chi connectivity index (χ2n) is 3.30. The number of nitrogens with zero attached hydrogens (tertiary/aromatic N) is 1. The van der Waals surface area contributed by atoms with Gasteiger partial charge in [0.1, 0.15) is 0 Å². The van der Waals surface area contributed by atoms with Crippen molar-refractivity contribution in [2.24, 2.45) is 0 Å². The number of pyridine rings is 1. The van der Waals surface area contributed by atoms with E-state index < -0.39 is 9.73 Å². The van der Waals surface area contributed by atoms with E-state index in [0.29, 0.717) is 16.2 Å². The number of hydrogen-bond donors (Lipinski definition) is 1. The average molecular weight is 220 g/mol. The fraction of sp³-hybridized carbons (Fsp3) is 0.182. The van der Waals surface area contributed by atoms with Crippen molar-refractivity contribution >= 4 is 20.6 Å². The molecule has 0 spiro atoms. The summed E-state index contributed by atoms with van der Waals surface area (Å²) in [6.07, 6.45) is 1.66. The quantitative estimate of drug-likeness (QED) is 0.845. The molecule has 0 amide bonds. The molecule has 78 valence electrons. The van der Waals surface area contributed by atoms with E-state index in [1.807, 2.05) is 24.3 Å². The summed E-state index contributed by atoms with van der Waals surface area (Å²) in [6.45, 7) is 1.76. The number of nitrogens with one attached hydrogen (secondary N) is 1. The number of para-hydroxylation sites is 1. The van der Waals surface area contributed by atoms with Crippen molar-refractivity contribution in [2.45, 2.75) is 11.8 Å². The molecule has 4 heteroatoms. The molecular formula is C11H12N2OS. The molecule has 1 aromatic heterocycles. The molecule has 0 aliphatic carbocycles. The maximum absolute atomic E-state index is 12.0. The van der Waals surface area contributed by atoms with Gasteiger partial charge in [-0.25, -0.2) is 8.99 Å². The molecule has 0 bridgehead atoms. The Labute approximate surface area is 89.1 Å². The molecule has 0 radical (unpaired) electrons. The molecule has 0 aliphatic rings. The Morgan fingerprint density at radius 2 is 2.07 bits per heavy atom. The predicted molar refractivity (Wildman–Crippen MR) is 61.4 cm³/mol. The van der Waals surface area contributed by atoms with Crippen LogP contribution in [0.5, 0.6) is 0 Å². The van der Waals surface area contributed by atoms with E-state index in [-0.39, 0.29) is 0 Å². The molecule has 0 saturated carbocycles. The van der Waals surface area contributed by atoms with Gasteiger partial charge in [-0.05, 0) is 12.1 Å². The fourth-order valence-corrected chi connectivity index (χ4v) is 2.59. The van der Waals surface area contributed by atoms with Crippen molar-refractivity contribution in [1.82, 2.24) is 4.98 Å². The molecule has 0 aliphatic heterocycles. The van der Waals surface area contributed by atoms with Crippen molar-refractivity contribution in [3.05, 3.63) is 36.5 Å². The molecule has 3 nitrogen and oxygen atoms in total. The summed E-state index contributed by atoms with van der Waals surface area (Å²) in [4.78, 5) is 4.74. The van der Waals surface area contributed by atoms with Crippen LogP contribution in [0.25, 0.3) is 10.9 Å². The summed E-state index contributed by atoms with van der Waals surface area (Å²) in [6, 6.07) is 9.22. The minimum absolute atomic E-state index is 0.322. The first kappa shape index (κ1) is 10.1. The predicted octanol–water partition coefficient (Wildman–Crippen LogP) is 2.66. The number of fused-ring (bicyclic) bond motifs is 1. The molecular weight excluding hydrogens is 208 g/mol. The Bertz CT molecular complexity index is 585. The van der Waals surface area contributed by atoms with Crippen molar-refractivity contribution in [3.63, 3.8) is 0 Å². The minimum Gasteiger partial charge on any atom is -0.255 e. The van der Waals surface area contributed by atoms with E-state index >= 15 is 0 Å². The molecule has 1 N–H and O–H groups in total. The van der Waals surface area contributed by atoms with Crippen LogP contribution in [-0.4, -0.2) is 14.9 Å². The zero-order valence-electron chi connectivity index (χ0n) is 8.43. The van der Waals surface area contributed by atoms with Crippen molar-refractivity contribution in [1.29, 1.82) is 4.78 Å². The first-order chi connectivity index (χ1) is 7.15. The maximum Gasteiger partial charge on any atom is 0.0872 e. The maximum atomic E-state index is 12.0. The summed E-state index contributed by atoms with van der Waals surface area (Å²) in [7, 11) is -2.69. The Kier molecular flexibility index (Phi) is 2.44. The highest BCUT2D eigenvalue weighted by Gasteiger charge is 2.11. The smallest absolute Gasteiger partial charge is 0.0872 e. The van der Waals surface area contributed by atoms with Crippen LogP contribution < -0.4 is 0 Å². The van der Waals surface area contributed by atoms with E-state index in [9.17, 15) is 4.21 Å².